The Morgan fingerprint density at radius 3 is 1.44 bits per heavy atom. The largest absolute Gasteiger partial charge is 0.453 e. The van der Waals surface area contributed by atoms with Crippen molar-refractivity contribution in [2.45, 2.75) is 0 Å². The SMILES string of the molecule is c1ccc(-c2nc(-c3ccccc3)nc(-c3cccc4c3oc3c(-n5c6ccccc6c6c7c8ccccc8n(-c8ccccc8)c7ccc65)cccc34)n2)cc1. The Labute approximate surface area is 326 Å². The number of hydrogen-bond acceptors (Lipinski definition) is 4. The summed E-state index contributed by atoms with van der Waals surface area (Å²) in [6.07, 6.45) is 0. The molecule has 0 bridgehead atoms. The van der Waals surface area contributed by atoms with E-state index in [0.29, 0.717) is 17.5 Å². The van der Waals surface area contributed by atoms with Gasteiger partial charge in [0.15, 0.2) is 23.1 Å². The van der Waals surface area contributed by atoms with Crippen LogP contribution in [0.5, 0.6) is 0 Å². The molecule has 0 radical (unpaired) electrons. The Morgan fingerprint density at radius 2 is 0.807 bits per heavy atom. The van der Waals surface area contributed by atoms with Gasteiger partial charge in [-0.05, 0) is 48.5 Å². The van der Waals surface area contributed by atoms with E-state index in [9.17, 15) is 0 Å². The molecular weight excluding hydrogens is 699 g/mol. The number of hydrogen-bond donors (Lipinski definition) is 0. The molecule has 0 unspecified atom stereocenters. The molecule has 6 heteroatoms. The van der Waals surface area contributed by atoms with Crippen molar-refractivity contribution >= 4 is 65.6 Å². The molecule has 4 heterocycles. The van der Waals surface area contributed by atoms with Crippen molar-refractivity contribution in [3.8, 4) is 45.5 Å². The Kier molecular flexibility index (Phi) is 6.83. The minimum Gasteiger partial charge on any atom is -0.453 e. The van der Waals surface area contributed by atoms with E-state index in [-0.39, 0.29) is 0 Å². The van der Waals surface area contributed by atoms with Crippen molar-refractivity contribution in [2.75, 3.05) is 0 Å². The number of para-hydroxylation sites is 5. The third kappa shape index (κ3) is 4.74. The lowest BCUT2D eigenvalue weighted by molar-refractivity contribution is 0.667. The molecule has 6 nitrogen and oxygen atoms in total. The third-order valence-electron chi connectivity index (χ3n) is 11.2. The first kappa shape index (κ1) is 31.5. The van der Waals surface area contributed by atoms with Crippen LogP contribution in [0.1, 0.15) is 0 Å². The number of benzene rings is 8. The molecule has 12 aromatic rings. The van der Waals surface area contributed by atoms with E-state index in [4.69, 9.17) is 19.4 Å². The maximum Gasteiger partial charge on any atom is 0.167 e. The quantitative estimate of drug-likeness (QED) is 0.177. The molecule has 12 rings (SSSR count). The summed E-state index contributed by atoms with van der Waals surface area (Å²) in [6, 6.07) is 65.4. The van der Waals surface area contributed by atoms with Gasteiger partial charge < -0.3 is 13.6 Å². The van der Waals surface area contributed by atoms with E-state index in [1.54, 1.807) is 0 Å². The van der Waals surface area contributed by atoms with Crippen LogP contribution in [0, 0.1) is 0 Å². The predicted octanol–water partition coefficient (Wildman–Crippen LogP) is 13.0. The number of nitrogens with zero attached hydrogens (tertiary/aromatic N) is 5. The first-order valence-corrected chi connectivity index (χ1v) is 19.1. The van der Waals surface area contributed by atoms with Crippen LogP contribution in [-0.2, 0) is 0 Å². The lowest BCUT2D eigenvalue weighted by Crippen LogP contribution is -2.00. The number of rotatable bonds is 5. The van der Waals surface area contributed by atoms with E-state index >= 15 is 0 Å². The van der Waals surface area contributed by atoms with E-state index in [2.05, 4.69) is 130 Å². The Bertz CT molecular complexity index is 3450. The molecule has 8 aromatic carbocycles. The lowest BCUT2D eigenvalue weighted by Gasteiger charge is -2.09. The average Bonchev–Trinajstić information content (AvgIpc) is 3.95. The fourth-order valence-corrected chi connectivity index (χ4v) is 8.72. The summed E-state index contributed by atoms with van der Waals surface area (Å²) in [5.41, 5.74) is 10.9. The molecule has 0 saturated carbocycles. The maximum absolute atomic E-state index is 7.08. The predicted molar refractivity (Wildman–Crippen MR) is 232 cm³/mol. The lowest BCUT2D eigenvalue weighted by atomic mass is 10.1. The molecule has 0 aliphatic carbocycles. The highest BCUT2D eigenvalue weighted by Crippen LogP contribution is 2.44. The van der Waals surface area contributed by atoms with Gasteiger partial charge in [0.25, 0.3) is 0 Å². The van der Waals surface area contributed by atoms with Gasteiger partial charge in [-0.2, -0.15) is 0 Å². The summed E-state index contributed by atoms with van der Waals surface area (Å²) < 4.78 is 11.8. The van der Waals surface area contributed by atoms with Gasteiger partial charge in [0.05, 0.1) is 33.3 Å². The van der Waals surface area contributed by atoms with Crippen LogP contribution >= 0.6 is 0 Å². The van der Waals surface area contributed by atoms with Crippen LogP contribution in [0.25, 0.3) is 111 Å². The van der Waals surface area contributed by atoms with Crippen molar-refractivity contribution < 1.29 is 4.42 Å². The molecule has 0 saturated heterocycles. The number of fused-ring (bicyclic) bond motifs is 10. The van der Waals surface area contributed by atoms with Crippen molar-refractivity contribution in [3.05, 3.63) is 188 Å². The zero-order chi connectivity index (χ0) is 37.5. The smallest absolute Gasteiger partial charge is 0.167 e. The van der Waals surface area contributed by atoms with Crippen LogP contribution in [0.2, 0.25) is 0 Å². The average molecular weight is 730 g/mol. The molecular formula is C51H31N5O. The number of aromatic nitrogens is 5. The zero-order valence-electron chi connectivity index (χ0n) is 30.5. The zero-order valence-corrected chi connectivity index (χ0v) is 30.5. The molecule has 266 valence electrons. The van der Waals surface area contributed by atoms with Gasteiger partial charge in [0, 0.05) is 49.1 Å². The van der Waals surface area contributed by atoms with E-state index in [0.717, 1.165) is 61.0 Å². The summed E-state index contributed by atoms with van der Waals surface area (Å²) >= 11 is 0. The molecule has 57 heavy (non-hydrogen) atoms. The van der Waals surface area contributed by atoms with Gasteiger partial charge in [0.2, 0.25) is 0 Å². The van der Waals surface area contributed by atoms with Crippen LogP contribution in [0.3, 0.4) is 0 Å². The summed E-state index contributed by atoms with van der Waals surface area (Å²) in [5, 5.41) is 6.89. The van der Waals surface area contributed by atoms with Gasteiger partial charge in [-0.15, -0.1) is 0 Å². The highest BCUT2D eigenvalue weighted by Gasteiger charge is 2.24. The minimum absolute atomic E-state index is 0.558. The fraction of sp³-hybridized carbons (Fsp3) is 0. The molecule has 0 spiro atoms. The summed E-state index contributed by atoms with van der Waals surface area (Å²) in [7, 11) is 0. The van der Waals surface area contributed by atoms with Crippen LogP contribution < -0.4 is 0 Å². The van der Waals surface area contributed by atoms with Gasteiger partial charge >= 0.3 is 0 Å². The van der Waals surface area contributed by atoms with Gasteiger partial charge in [0.1, 0.15) is 5.58 Å². The standard InChI is InChI=1S/C51H31N5O/c1-4-16-32(17-5-1)49-52-50(33-18-6-2-7-19-33)54-51(53-49)39-26-14-24-35-36-25-15-29-44(48(36)57-47(35)39)56-41-28-13-11-23-38(41)46-43(56)31-30-42-45(46)37-22-10-12-27-40(37)55(42)34-20-8-3-9-21-34/h1-31H. The highest BCUT2D eigenvalue weighted by molar-refractivity contribution is 6.29. The second kappa shape index (κ2) is 12.3. The first-order valence-electron chi connectivity index (χ1n) is 19.1. The molecule has 0 amide bonds. The van der Waals surface area contributed by atoms with Gasteiger partial charge in [-0.1, -0.05) is 140 Å². The first-order chi connectivity index (χ1) is 28.3. The minimum atomic E-state index is 0.558. The highest BCUT2D eigenvalue weighted by atomic mass is 16.3. The Morgan fingerprint density at radius 1 is 0.333 bits per heavy atom. The van der Waals surface area contributed by atoms with E-state index < -0.39 is 0 Å². The van der Waals surface area contributed by atoms with Crippen molar-refractivity contribution in [1.29, 1.82) is 0 Å². The molecule has 4 aromatic heterocycles. The normalized spacial score (nSPS) is 11.9. The molecule has 0 fully saturated rings. The molecule has 0 aliphatic heterocycles. The summed E-state index contributed by atoms with van der Waals surface area (Å²) in [4.78, 5) is 15.1. The van der Waals surface area contributed by atoms with Gasteiger partial charge in [-0.25, -0.2) is 15.0 Å². The second-order valence-corrected chi connectivity index (χ2v) is 14.4. The molecule has 0 atom stereocenters. The maximum atomic E-state index is 7.08. The van der Waals surface area contributed by atoms with Crippen LogP contribution in [0.4, 0.5) is 0 Å². The molecule has 0 N–H and O–H groups in total. The number of furan rings is 1. The molecule has 0 aliphatic rings. The monoisotopic (exact) mass is 729 g/mol. The van der Waals surface area contributed by atoms with Crippen LogP contribution in [-0.4, -0.2) is 24.1 Å². The van der Waals surface area contributed by atoms with Crippen molar-refractivity contribution in [2.24, 2.45) is 0 Å². The van der Waals surface area contributed by atoms with Crippen molar-refractivity contribution in [3.63, 3.8) is 0 Å². The summed E-state index contributed by atoms with van der Waals surface area (Å²) in [5.74, 6) is 1.78. The van der Waals surface area contributed by atoms with Crippen LogP contribution in [0.15, 0.2) is 192 Å². The summed E-state index contributed by atoms with van der Waals surface area (Å²) in [6.45, 7) is 0. The van der Waals surface area contributed by atoms with Crippen molar-refractivity contribution in [1.82, 2.24) is 24.1 Å². The van der Waals surface area contributed by atoms with E-state index in [1.807, 2.05) is 66.7 Å². The topological polar surface area (TPSA) is 61.7 Å². The second-order valence-electron chi connectivity index (χ2n) is 14.4. The van der Waals surface area contributed by atoms with E-state index in [1.165, 1.54) is 32.6 Å². The Hall–Kier alpha value is -7.83. The third-order valence-corrected chi connectivity index (χ3v) is 11.2. The van der Waals surface area contributed by atoms with Gasteiger partial charge in [-0.3, -0.25) is 0 Å². The Balaban J connectivity index is 1.12. The fourth-order valence-electron chi connectivity index (χ4n) is 8.72.